The lowest BCUT2D eigenvalue weighted by molar-refractivity contribution is -0.133. The van der Waals surface area contributed by atoms with Gasteiger partial charge in [0.25, 0.3) is 0 Å². The largest absolute Gasteiger partial charge is 0.478 e. The summed E-state index contributed by atoms with van der Waals surface area (Å²) in [6.45, 7) is 7.80. The number of esters is 1. The van der Waals surface area contributed by atoms with E-state index in [-0.39, 0.29) is 28.4 Å². The monoisotopic (exact) mass is 728 g/mol. The van der Waals surface area contributed by atoms with Crippen LogP contribution in [0.1, 0.15) is 37.5 Å². The Kier molecular flexibility index (Phi) is 8.69. The van der Waals surface area contributed by atoms with Crippen LogP contribution in [0.25, 0.3) is 32.0 Å². The van der Waals surface area contributed by atoms with E-state index in [1.165, 1.54) is 10.4 Å². The van der Waals surface area contributed by atoms with Crippen LogP contribution in [0.2, 0.25) is 0 Å². The third kappa shape index (κ3) is 6.16. The summed E-state index contributed by atoms with van der Waals surface area (Å²) in [5.74, 6) is -2.33. The Hall–Kier alpha value is -4.51. The van der Waals surface area contributed by atoms with Crippen LogP contribution in [-0.2, 0) is 21.3 Å². The Balaban J connectivity index is 1.37. The fourth-order valence-corrected chi connectivity index (χ4v) is 8.73. The van der Waals surface area contributed by atoms with E-state index in [9.17, 15) is 23.1 Å². The lowest BCUT2D eigenvalue weighted by Crippen LogP contribution is -2.16. The standard InChI is InChI=1S/C37H29BrO7S2/c1-20-16-25(33-27-12-8-9-13-28(27)34(38)36-32(33)22(3)23(4)46-36)17-21(2)35(20)45-47(42,43)26-14-15-29(37(40)41)30(19-26)44-31(39)18-24-10-6-5-7-11-24/h5-17,19H,18H2,1-4H3,(H,40,41). The number of aryl methyl sites for hydroxylation is 4. The van der Waals surface area contributed by atoms with Crippen molar-refractivity contribution in [2.75, 3.05) is 0 Å². The summed E-state index contributed by atoms with van der Waals surface area (Å²) in [5, 5.41) is 13.0. The van der Waals surface area contributed by atoms with Crippen LogP contribution < -0.4 is 8.92 Å². The number of carbonyl (C=O) groups excluding carboxylic acids is 1. The highest BCUT2D eigenvalue weighted by molar-refractivity contribution is 9.11. The van der Waals surface area contributed by atoms with Gasteiger partial charge in [-0.15, -0.1) is 11.3 Å². The van der Waals surface area contributed by atoms with E-state index in [0.29, 0.717) is 16.7 Å². The number of ether oxygens (including phenoxy) is 1. The van der Waals surface area contributed by atoms with E-state index in [0.717, 1.165) is 54.7 Å². The van der Waals surface area contributed by atoms with Crippen molar-refractivity contribution in [3.63, 3.8) is 0 Å². The summed E-state index contributed by atoms with van der Waals surface area (Å²) in [6, 6.07) is 24.0. The second-order valence-electron chi connectivity index (χ2n) is 11.3. The van der Waals surface area contributed by atoms with Crippen LogP contribution in [0.5, 0.6) is 11.5 Å². The molecule has 0 fully saturated rings. The number of aromatic carboxylic acids is 1. The van der Waals surface area contributed by atoms with E-state index in [4.69, 9.17) is 8.92 Å². The maximum Gasteiger partial charge on any atom is 0.339 e. The first kappa shape index (κ1) is 32.4. The molecule has 6 rings (SSSR count). The molecule has 1 heterocycles. The zero-order valence-corrected chi connectivity index (χ0v) is 29.1. The van der Waals surface area contributed by atoms with Gasteiger partial charge in [-0.2, -0.15) is 8.42 Å². The van der Waals surface area contributed by atoms with Crippen LogP contribution in [0.4, 0.5) is 0 Å². The Morgan fingerprint density at radius 2 is 1.49 bits per heavy atom. The van der Waals surface area contributed by atoms with Gasteiger partial charge in [0.15, 0.2) is 0 Å². The van der Waals surface area contributed by atoms with Crippen molar-refractivity contribution in [1.29, 1.82) is 0 Å². The minimum absolute atomic E-state index is 0.122. The number of halogens is 1. The smallest absolute Gasteiger partial charge is 0.339 e. The van der Waals surface area contributed by atoms with Gasteiger partial charge in [-0.05, 0) is 112 Å². The first-order valence-corrected chi connectivity index (χ1v) is 17.7. The van der Waals surface area contributed by atoms with E-state index in [2.05, 4.69) is 41.9 Å². The zero-order chi connectivity index (χ0) is 33.6. The third-order valence-corrected chi connectivity index (χ3v) is 11.6. The van der Waals surface area contributed by atoms with E-state index in [1.807, 2.05) is 24.3 Å². The molecule has 0 atom stereocenters. The molecule has 0 amide bonds. The molecule has 7 nitrogen and oxygen atoms in total. The molecule has 1 aromatic heterocycles. The Morgan fingerprint density at radius 1 is 0.851 bits per heavy atom. The number of carbonyl (C=O) groups is 2. The second-order valence-corrected chi connectivity index (χ2v) is 14.9. The topological polar surface area (TPSA) is 107 Å². The molecule has 0 saturated carbocycles. The minimum Gasteiger partial charge on any atom is -0.478 e. The number of carboxylic acid groups (broad SMARTS) is 1. The summed E-state index contributed by atoms with van der Waals surface area (Å²) in [5.41, 5.74) is 4.70. The summed E-state index contributed by atoms with van der Waals surface area (Å²) in [4.78, 5) is 25.4. The molecular weight excluding hydrogens is 700 g/mol. The highest BCUT2D eigenvalue weighted by Gasteiger charge is 2.25. The average Bonchev–Trinajstić information content (AvgIpc) is 3.33. The molecule has 0 unspecified atom stereocenters. The molecule has 238 valence electrons. The van der Waals surface area contributed by atoms with Crippen molar-refractivity contribution in [2.24, 2.45) is 0 Å². The van der Waals surface area contributed by atoms with Gasteiger partial charge in [0.05, 0.1) is 11.1 Å². The SMILES string of the molecule is Cc1cc(-c2c3ccccc3c(Br)c3sc(C)c(C)c23)cc(C)c1OS(=O)(=O)c1ccc(C(=O)O)c(OC(=O)Cc2ccccc2)c1. The maximum absolute atomic E-state index is 13.6. The molecule has 1 N–H and O–H groups in total. The van der Waals surface area contributed by atoms with Crippen LogP contribution >= 0.6 is 27.3 Å². The van der Waals surface area contributed by atoms with Crippen molar-refractivity contribution in [3.8, 4) is 22.6 Å². The number of carboxylic acids is 1. The number of benzene rings is 5. The minimum atomic E-state index is -4.46. The predicted molar refractivity (Wildman–Crippen MR) is 188 cm³/mol. The molecule has 5 aromatic carbocycles. The lowest BCUT2D eigenvalue weighted by Gasteiger charge is -2.17. The molecule has 47 heavy (non-hydrogen) atoms. The van der Waals surface area contributed by atoms with Crippen molar-refractivity contribution in [1.82, 2.24) is 0 Å². The quantitative estimate of drug-likeness (QED) is 0.0946. The van der Waals surface area contributed by atoms with Gasteiger partial charge >= 0.3 is 22.1 Å². The van der Waals surface area contributed by atoms with E-state index < -0.39 is 22.1 Å². The molecule has 0 aliphatic carbocycles. The number of hydrogen-bond donors (Lipinski definition) is 1. The Labute approximate surface area is 284 Å². The highest BCUT2D eigenvalue weighted by atomic mass is 79.9. The molecule has 0 aliphatic heterocycles. The van der Waals surface area contributed by atoms with Crippen LogP contribution in [0, 0.1) is 27.7 Å². The summed E-state index contributed by atoms with van der Waals surface area (Å²) in [7, 11) is -4.46. The molecule has 0 spiro atoms. The average molecular weight is 730 g/mol. The van der Waals surface area contributed by atoms with Crippen LogP contribution in [-0.4, -0.2) is 25.5 Å². The zero-order valence-electron chi connectivity index (χ0n) is 25.9. The normalized spacial score (nSPS) is 11.6. The summed E-state index contributed by atoms with van der Waals surface area (Å²) >= 11 is 5.58. The Bertz CT molecular complexity index is 2320. The van der Waals surface area contributed by atoms with Gasteiger partial charge in [0, 0.05) is 20.8 Å². The van der Waals surface area contributed by atoms with Gasteiger partial charge in [-0.1, -0.05) is 54.6 Å². The Morgan fingerprint density at radius 3 is 2.15 bits per heavy atom. The van der Waals surface area contributed by atoms with Crippen molar-refractivity contribution < 1.29 is 32.0 Å². The molecule has 0 aliphatic rings. The van der Waals surface area contributed by atoms with Gasteiger partial charge < -0.3 is 14.0 Å². The number of hydrogen-bond acceptors (Lipinski definition) is 7. The predicted octanol–water partition coefficient (Wildman–Crippen LogP) is 9.33. The molecule has 0 saturated heterocycles. The van der Waals surface area contributed by atoms with Gasteiger partial charge in [-0.3, -0.25) is 4.79 Å². The fourth-order valence-electron chi connectivity index (χ4n) is 5.76. The number of thiophene rings is 1. The van der Waals surface area contributed by atoms with Gasteiger partial charge in [0.2, 0.25) is 0 Å². The number of rotatable bonds is 8. The first-order chi connectivity index (χ1) is 22.4. The molecule has 0 bridgehead atoms. The molecular formula is C37H29BrO7S2. The maximum atomic E-state index is 13.6. The fraction of sp³-hybridized carbons (Fsp3) is 0.135. The van der Waals surface area contributed by atoms with E-state index >= 15 is 0 Å². The summed E-state index contributed by atoms with van der Waals surface area (Å²) < 4.78 is 40.4. The molecule has 0 radical (unpaired) electrons. The van der Waals surface area contributed by atoms with Crippen molar-refractivity contribution >= 4 is 70.2 Å². The molecule has 10 heteroatoms. The second kappa shape index (κ2) is 12.6. The summed E-state index contributed by atoms with van der Waals surface area (Å²) in [6.07, 6.45) is -0.122. The van der Waals surface area contributed by atoms with Crippen molar-refractivity contribution in [2.45, 2.75) is 39.0 Å². The third-order valence-electron chi connectivity index (χ3n) is 8.10. The van der Waals surface area contributed by atoms with Crippen LogP contribution in [0.15, 0.2) is 94.3 Å². The van der Waals surface area contributed by atoms with Gasteiger partial charge in [0.1, 0.15) is 22.0 Å². The van der Waals surface area contributed by atoms with E-state index in [1.54, 1.807) is 55.5 Å². The van der Waals surface area contributed by atoms with Crippen LogP contribution in [0.3, 0.4) is 0 Å². The van der Waals surface area contributed by atoms with Gasteiger partial charge in [-0.25, -0.2) is 4.79 Å². The highest BCUT2D eigenvalue weighted by Crippen LogP contribution is 2.48. The number of fused-ring (bicyclic) bond motifs is 2. The van der Waals surface area contributed by atoms with Crippen molar-refractivity contribution in [3.05, 3.63) is 122 Å². The lowest BCUT2D eigenvalue weighted by atomic mass is 9.91. The first-order valence-electron chi connectivity index (χ1n) is 14.6. The molecule has 6 aromatic rings.